The van der Waals surface area contributed by atoms with Gasteiger partial charge in [-0.15, -0.1) is 0 Å². The summed E-state index contributed by atoms with van der Waals surface area (Å²) in [5.41, 5.74) is 10.3. The van der Waals surface area contributed by atoms with Gasteiger partial charge in [-0.1, -0.05) is 24.3 Å². The first-order valence-electron chi connectivity index (χ1n) is 6.37. The van der Waals surface area contributed by atoms with E-state index in [4.69, 9.17) is 5.73 Å². The molecule has 3 rings (SSSR count). The maximum atomic E-state index is 5.97. The molecule has 0 amide bonds. The molecule has 0 atom stereocenters. The van der Waals surface area contributed by atoms with Gasteiger partial charge in [-0.3, -0.25) is 4.57 Å². The molecule has 2 heterocycles. The molecule has 4 nitrogen and oxygen atoms in total. The third kappa shape index (κ3) is 2.17. The number of aryl methyl sites for hydroxylation is 3. The zero-order valence-electron chi connectivity index (χ0n) is 10.9. The number of fused-ring (bicyclic) bond motifs is 1. The van der Waals surface area contributed by atoms with Gasteiger partial charge in [0.05, 0.1) is 0 Å². The lowest BCUT2D eigenvalue weighted by Crippen LogP contribution is -2.07. The summed E-state index contributed by atoms with van der Waals surface area (Å²) in [5.74, 6) is 0.530. The van der Waals surface area contributed by atoms with Crippen LogP contribution in [0.5, 0.6) is 0 Å². The van der Waals surface area contributed by atoms with E-state index in [9.17, 15) is 0 Å². The van der Waals surface area contributed by atoms with Gasteiger partial charge in [0.2, 0.25) is 5.95 Å². The molecule has 1 aromatic carbocycles. The summed E-state index contributed by atoms with van der Waals surface area (Å²) in [7, 11) is 0. The topological polar surface area (TPSA) is 56.7 Å². The van der Waals surface area contributed by atoms with Crippen molar-refractivity contribution in [3.05, 3.63) is 53.7 Å². The Hall–Kier alpha value is -2.36. The smallest absolute Gasteiger partial charge is 0.202 e. The molecule has 2 aromatic heterocycles. The maximum Gasteiger partial charge on any atom is 0.202 e. The predicted molar refractivity (Wildman–Crippen MR) is 76.8 cm³/mol. The second-order valence-corrected chi connectivity index (χ2v) is 4.64. The van der Waals surface area contributed by atoms with Crippen LogP contribution < -0.4 is 5.73 Å². The number of nitrogens with zero attached hydrogens (tertiary/aromatic N) is 3. The highest BCUT2D eigenvalue weighted by atomic mass is 15.2. The number of nitrogen functional groups attached to an aromatic ring is 1. The Bertz CT molecular complexity index is 715. The number of hydrogen-bond acceptors (Lipinski definition) is 3. The van der Waals surface area contributed by atoms with E-state index >= 15 is 0 Å². The fraction of sp³-hybridized carbons (Fsp3) is 0.200. The molecular weight excluding hydrogens is 236 g/mol. The summed E-state index contributed by atoms with van der Waals surface area (Å²) >= 11 is 0. The van der Waals surface area contributed by atoms with Crippen LogP contribution >= 0.6 is 0 Å². The van der Waals surface area contributed by atoms with Crippen LogP contribution in [0, 0.1) is 6.92 Å². The van der Waals surface area contributed by atoms with Gasteiger partial charge in [-0.25, -0.2) is 9.97 Å². The fourth-order valence-corrected chi connectivity index (χ4v) is 2.32. The van der Waals surface area contributed by atoms with Crippen LogP contribution in [0.4, 0.5) is 5.95 Å². The Morgan fingerprint density at radius 2 is 2.00 bits per heavy atom. The molecule has 0 saturated heterocycles. The Morgan fingerprint density at radius 1 is 1.16 bits per heavy atom. The van der Waals surface area contributed by atoms with Crippen LogP contribution in [0.2, 0.25) is 0 Å². The SMILES string of the molecule is Cc1ccccc1CCn1c(N)nc2cccnc21. The maximum absolute atomic E-state index is 5.97. The molecule has 0 spiro atoms. The normalized spacial score (nSPS) is 11.0. The average molecular weight is 252 g/mol. The number of aromatic nitrogens is 3. The van der Waals surface area contributed by atoms with Crippen LogP contribution in [-0.2, 0) is 13.0 Å². The van der Waals surface area contributed by atoms with E-state index in [-0.39, 0.29) is 0 Å². The van der Waals surface area contributed by atoms with Gasteiger partial charge in [0.1, 0.15) is 5.52 Å². The van der Waals surface area contributed by atoms with E-state index in [1.807, 2.05) is 16.7 Å². The van der Waals surface area contributed by atoms with Crippen molar-refractivity contribution < 1.29 is 0 Å². The lowest BCUT2D eigenvalue weighted by atomic mass is 10.1. The molecule has 0 saturated carbocycles. The summed E-state index contributed by atoms with van der Waals surface area (Å²) < 4.78 is 1.97. The first-order valence-corrected chi connectivity index (χ1v) is 6.37. The monoisotopic (exact) mass is 252 g/mol. The van der Waals surface area contributed by atoms with Gasteiger partial charge in [0.25, 0.3) is 0 Å². The molecule has 2 N–H and O–H groups in total. The summed E-state index contributed by atoms with van der Waals surface area (Å²) in [6.07, 6.45) is 2.70. The van der Waals surface area contributed by atoms with Gasteiger partial charge < -0.3 is 5.73 Å². The van der Waals surface area contributed by atoms with E-state index in [2.05, 4.69) is 41.2 Å². The zero-order valence-corrected chi connectivity index (χ0v) is 10.9. The summed E-state index contributed by atoms with van der Waals surface area (Å²) in [6, 6.07) is 12.2. The Kier molecular flexibility index (Phi) is 2.91. The molecule has 0 bridgehead atoms. The van der Waals surface area contributed by atoms with Crippen molar-refractivity contribution in [1.29, 1.82) is 0 Å². The molecular formula is C15H16N4. The van der Waals surface area contributed by atoms with Crippen LogP contribution in [-0.4, -0.2) is 14.5 Å². The number of imidazole rings is 1. The van der Waals surface area contributed by atoms with Crippen LogP contribution in [0.25, 0.3) is 11.2 Å². The average Bonchev–Trinajstić information content (AvgIpc) is 2.74. The molecule has 0 aliphatic carbocycles. The minimum Gasteiger partial charge on any atom is -0.369 e. The van der Waals surface area contributed by atoms with Gasteiger partial charge in [-0.05, 0) is 36.6 Å². The summed E-state index contributed by atoms with van der Waals surface area (Å²) in [5, 5.41) is 0. The molecule has 0 unspecified atom stereocenters. The van der Waals surface area contributed by atoms with E-state index in [1.54, 1.807) is 6.20 Å². The van der Waals surface area contributed by atoms with Crippen LogP contribution in [0.15, 0.2) is 42.6 Å². The lowest BCUT2D eigenvalue weighted by molar-refractivity contribution is 0.717. The largest absolute Gasteiger partial charge is 0.369 e. The molecule has 0 radical (unpaired) electrons. The number of anilines is 1. The van der Waals surface area contributed by atoms with Gasteiger partial charge >= 0.3 is 0 Å². The van der Waals surface area contributed by atoms with Crippen molar-refractivity contribution in [3.8, 4) is 0 Å². The Balaban J connectivity index is 1.90. The second-order valence-electron chi connectivity index (χ2n) is 4.64. The predicted octanol–water partition coefficient (Wildman–Crippen LogP) is 2.56. The highest BCUT2D eigenvalue weighted by molar-refractivity contribution is 5.73. The molecule has 19 heavy (non-hydrogen) atoms. The second kappa shape index (κ2) is 4.72. The van der Waals surface area contributed by atoms with E-state index < -0.39 is 0 Å². The number of hydrogen-bond donors (Lipinski definition) is 1. The minimum atomic E-state index is 0.530. The number of benzene rings is 1. The van der Waals surface area contributed by atoms with Crippen LogP contribution in [0.3, 0.4) is 0 Å². The molecule has 0 aliphatic rings. The van der Waals surface area contributed by atoms with Crippen molar-refractivity contribution in [1.82, 2.24) is 14.5 Å². The van der Waals surface area contributed by atoms with Crippen molar-refractivity contribution >= 4 is 17.1 Å². The van der Waals surface area contributed by atoms with Gasteiger partial charge in [0, 0.05) is 12.7 Å². The first kappa shape index (κ1) is 11.7. The van der Waals surface area contributed by atoms with Crippen molar-refractivity contribution in [2.75, 3.05) is 5.73 Å². The van der Waals surface area contributed by atoms with Crippen molar-refractivity contribution in [2.45, 2.75) is 19.9 Å². The van der Waals surface area contributed by atoms with E-state index in [1.165, 1.54) is 11.1 Å². The molecule has 0 fully saturated rings. The third-order valence-electron chi connectivity index (χ3n) is 3.40. The Labute approximate surface area is 111 Å². The molecule has 4 heteroatoms. The first-order chi connectivity index (χ1) is 9.25. The Morgan fingerprint density at radius 3 is 2.84 bits per heavy atom. The van der Waals surface area contributed by atoms with E-state index in [0.29, 0.717) is 5.95 Å². The van der Waals surface area contributed by atoms with Gasteiger partial charge in [-0.2, -0.15) is 0 Å². The number of nitrogens with two attached hydrogens (primary N) is 1. The highest BCUT2D eigenvalue weighted by Gasteiger charge is 2.08. The lowest BCUT2D eigenvalue weighted by Gasteiger charge is -2.08. The molecule has 3 aromatic rings. The fourth-order valence-electron chi connectivity index (χ4n) is 2.32. The number of pyridine rings is 1. The number of rotatable bonds is 3. The van der Waals surface area contributed by atoms with E-state index in [0.717, 1.165) is 24.1 Å². The molecule has 0 aliphatic heterocycles. The quantitative estimate of drug-likeness (QED) is 0.779. The summed E-state index contributed by atoms with van der Waals surface area (Å²) in [6.45, 7) is 2.92. The molecule has 96 valence electrons. The highest BCUT2D eigenvalue weighted by Crippen LogP contribution is 2.16. The van der Waals surface area contributed by atoms with Gasteiger partial charge in [0.15, 0.2) is 5.65 Å². The van der Waals surface area contributed by atoms with Crippen molar-refractivity contribution in [3.63, 3.8) is 0 Å². The standard InChI is InChI=1S/C15H16N4/c1-11-5-2-3-6-12(11)8-10-19-14-13(18-15(19)16)7-4-9-17-14/h2-7,9H,8,10H2,1H3,(H2,16,18). The third-order valence-corrected chi connectivity index (χ3v) is 3.40. The van der Waals surface area contributed by atoms with Crippen molar-refractivity contribution in [2.24, 2.45) is 0 Å². The zero-order chi connectivity index (χ0) is 13.2. The summed E-state index contributed by atoms with van der Waals surface area (Å²) in [4.78, 5) is 8.68. The minimum absolute atomic E-state index is 0.530. The van der Waals surface area contributed by atoms with Crippen LogP contribution in [0.1, 0.15) is 11.1 Å².